The van der Waals surface area contributed by atoms with Crippen molar-refractivity contribution in [1.29, 1.82) is 0 Å². The normalized spacial score (nSPS) is 17.4. The van der Waals surface area contributed by atoms with Crippen LogP contribution < -0.4 is 14.8 Å². The number of anilines is 1. The van der Waals surface area contributed by atoms with Crippen LogP contribution in [0.15, 0.2) is 49.1 Å². The monoisotopic (exact) mass is 377 g/mol. The van der Waals surface area contributed by atoms with Gasteiger partial charge >= 0.3 is 0 Å². The van der Waals surface area contributed by atoms with E-state index in [2.05, 4.69) is 32.5 Å². The number of hydrogen-bond donors (Lipinski definition) is 1. The van der Waals surface area contributed by atoms with Crippen molar-refractivity contribution in [1.82, 2.24) is 19.7 Å². The molecule has 3 aromatic rings. The third-order valence-corrected chi connectivity index (χ3v) is 5.68. The van der Waals surface area contributed by atoms with Crippen LogP contribution in [-0.4, -0.2) is 39.5 Å². The lowest BCUT2D eigenvalue weighted by atomic mass is 9.78. The molecule has 0 unspecified atom stereocenters. The Kier molecular flexibility index (Phi) is 4.35. The second-order valence-electron chi connectivity index (χ2n) is 7.41. The summed E-state index contributed by atoms with van der Waals surface area (Å²) in [6.07, 6.45) is 11.8. The zero-order chi connectivity index (χ0) is 18.8. The van der Waals surface area contributed by atoms with Gasteiger partial charge in [-0.2, -0.15) is 5.10 Å². The van der Waals surface area contributed by atoms with Gasteiger partial charge in [-0.15, -0.1) is 0 Å². The Balaban J connectivity index is 1.38. The molecule has 144 valence electrons. The Morgan fingerprint density at radius 3 is 2.75 bits per heavy atom. The zero-order valence-electron chi connectivity index (χ0n) is 15.7. The molecule has 28 heavy (non-hydrogen) atoms. The summed E-state index contributed by atoms with van der Waals surface area (Å²) in [4.78, 5) is 8.97. The maximum atomic E-state index is 5.81. The standard InChI is InChI=1S/C21H23N5O2/c1-2-7-21(6-1,16-4-5-17-18(12-16)28-11-10-27-17)15-23-19-13-22-14-20(25-19)26-9-3-8-24-26/h3-5,8-9,12-14H,1-2,6-7,10-11,15H2,(H,23,25). The quantitative estimate of drug-likeness (QED) is 0.735. The summed E-state index contributed by atoms with van der Waals surface area (Å²) in [7, 11) is 0. The van der Waals surface area contributed by atoms with Gasteiger partial charge in [0.15, 0.2) is 17.3 Å². The van der Waals surface area contributed by atoms with Crippen molar-refractivity contribution in [2.75, 3.05) is 25.1 Å². The van der Waals surface area contributed by atoms with E-state index < -0.39 is 0 Å². The molecule has 3 heterocycles. The predicted octanol–water partition coefficient (Wildman–Crippen LogP) is 3.36. The smallest absolute Gasteiger partial charge is 0.173 e. The van der Waals surface area contributed by atoms with Gasteiger partial charge in [0.2, 0.25) is 0 Å². The number of aromatic nitrogens is 4. The van der Waals surface area contributed by atoms with Crippen LogP contribution in [0.3, 0.4) is 0 Å². The van der Waals surface area contributed by atoms with Crippen molar-refractivity contribution in [3.05, 3.63) is 54.6 Å². The van der Waals surface area contributed by atoms with Gasteiger partial charge in [-0.05, 0) is 36.6 Å². The Morgan fingerprint density at radius 1 is 1.07 bits per heavy atom. The average Bonchev–Trinajstić information content (AvgIpc) is 3.45. The van der Waals surface area contributed by atoms with Crippen molar-refractivity contribution in [3.8, 4) is 17.3 Å². The number of nitrogens with zero attached hydrogens (tertiary/aromatic N) is 4. The molecule has 5 rings (SSSR count). The van der Waals surface area contributed by atoms with E-state index in [1.165, 1.54) is 18.4 Å². The Hall–Kier alpha value is -3.09. The van der Waals surface area contributed by atoms with Crippen LogP contribution in [0, 0.1) is 0 Å². The number of fused-ring (bicyclic) bond motifs is 1. The molecular formula is C21H23N5O2. The molecule has 1 saturated carbocycles. The molecule has 7 heteroatoms. The van der Waals surface area contributed by atoms with E-state index in [1.807, 2.05) is 18.3 Å². The highest BCUT2D eigenvalue weighted by Crippen LogP contribution is 2.44. The first kappa shape index (κ1) is 17.0. The highest BCUT2D eigenvalue weighted by Gasteiger charge is 2.36. The van der Waals surface area contributed by atoms with Gasteiger partial charge in [-0.25, -0.2) is 9.67 Å². The number of benzene rings is 1. The lowest BCUT2D eigenvalue weighted by Gasteiger charge is -2.31. The lowest BCUT2D eigenvalue weighted by Crippen LogP contribution is -2.32. The summed E-state index contributed by atoms with van der Waals surface area (Å²) >= 11 is 0. The fraction of sp³-hybridized carbons (Fsp3) is 0.381. The topological polar surface area (TPSA) is 74.1 Å². The number of rotatable bonds is 5. The van der Waals surface area contributed by atoms with Gasteiger partial charge < -0.3 is 14.8 Å². The third kappa shape index (κ3) is 3.17. The van der Waals surface area contributed by atoms with E-state index in [0.717, 1.165) is 36.7 Å². The van der Waals surface area contributed by atoms with E-state index >= 15 is 0 Å². The second kappa shape index (κ2) is 7.14. The van der Waals surface area contributed by atoms with Gasteiger partial charge in [0.25, 0.3) is 0 Å². The van der Waals surface area contributed by atoms with Crippen LogP contribution in [0.25, 0.3) is 5.82 Å². The van der Waals surface area contributed by atoms with Gasteiger partial charge in [-0.1, -0.05) is 18.9 Å². The molecule has 2 aromatic heterocycles. The lowest BCUT2D eigenvalue weighted by molar-refractivity contribution is 0.171. The van der Waals surface area contributed by atoms with Crippen molar-refractivity contribution in [3.63, 3.8) is 0 Å². The summed E-state index contributed by atoms with van der Waals surface area (Å²) in [5.41, 5.74) is 1.37. The molecule has 1 aromatic carbocycles. The maximum absolute atomic E-state index is 5.81. The molecular weight excluding hydrogens is 354 g/mol. The molecule has 0 spiro atoms. The van der Waals surface area contributed by atoms with E-state index in [9.17, 15) is 0 Å². The molecule has 0 amide bonds. The Labute approximate surface area is 163 Å². The largest absolute Gasteiger partial charge is 0.486 e. The molecule has 1 N–H and O–H groups in total. The minimum atomic E-state index is 0.0687. The van der Waals surface area contributed by atoms with Crippen LogP contribution in [0.5, 0.6) is 11.5 Å². The van der Waals surface area contributed by atoms with Gasteiger partial charge in [0, 0.05) is 24.4 Å². The molecule has 0 saturated heterocycles. The van der Waals surface area contributed by atoms with Crippen LogP contribution >= 0.6 is 0 Å². The van der Waals surface area contributed by atoms with Crippen LogP contribution in [0.2, 0.25) is 0 Å². The first-order chi connectivity index (χ1) is 13.8. The highest BCUT2D eigenvalue weighted by atomic mass is 16.6. The molecule has 0 radical (unpaired) electrons. The van der Waals surface area contributed by atoms with Crippen LogP contribution in [-0.2, 0) is 5.41 Å². The molecule has 1 aliphatic heterocycles. The maximum Gasteiger partial charge on any atom is 0.173 e. The minimum absolute atomic E-state index is 0.0687. The summed E-state index contributed by atoms with van der Waals surface area (Å²) in [6, 6.07) is 8.26. The Bertz CT molecular complexity index is 951. The third-order valence-electron chi connectivity index (χ3n) is 5.68. The highest BCUT2D eigenvalue weighted by molar-refractivity contribution is 5.47. The number of hydrogen-bond acceptors (Lipinski definition) is 6. The van der Waals surface area contributed by atoms with Gasteiger partial charge in [-0.3, -0.25) is 4.98 Å². The van der Waals surface area contributed by atoms with E-state index in [0.29, 0.717) is 19.0 Å². The van der Waals surface area contributed by atoms with E-state index in [-0.39, 0.29) is 5.41 Å². The SMILES string of the molecule is c1cnn(-c2cncc(NCC3(c4ccc5c(c4)OCCO5)CCCC3)n2)c1. The summed E-state index contributed by atoms with van der Waals surface area (Å²) in [5, 5.41) is 7.75. The summed E-state index contributed by atoms with van der Waals surface area (Å²) in [5.74, 6) is 3.16. The molecule has 1 aliphatic carbocycles. The molecule has 0 atom stereocenters. The summed E-state index contributed by atoms with van der Waals surface area (Å²) < 4.78 is 13.2. The van der Waals surface area contributed by atoms with E-state index in [1.54, 1.807) is 23.3 Å². The van der Waals surface area contributed by atoms with Gasteiger partial charge in [0.05, 0.1) is 12.4 Å². The van der Waals surface area contributed by atoms with Crippen molar-refractivity contribution in [2.45, 2.75) is 31.1 Å². The summed E-state index contributed by atoms with van der Waals surface area (Å²) in [6.45, 7) is 2.03. The second-order valence-corrected chi connectivity index (χ2v) is 7.41. The fourth-order valence-electron chi connectivity index (χ4n) is 4.21. The number of nitrogens with one attached hydrogen (secondary N) is 1. The van der Waals surface area contributed by atoms with Crippen molar-refractivity contribution < 1.29 is 9.47 Å². The van der Waals surface area contributed by atoms with E-state index in [4.69, 9.17) is 9.47 Å². The molecule has 1 fully saturated rings. The Morgan fingerprint density at radius 2 is 1.93 bits per heavy atom. The van der Waals surface area contributed by atoms with Crippen LogP contribution in [0.1, 0.15) is 31.2 Å². The van der Waals surface area contributed by atoms with Crippen molar-refractivity contribution >= 4 is 5.82 Å². The average molecular weight is 377 g/mol. The van der Waals surface area contributed by atoms with Crippen LogP contribution in [0.4, 0.5) is 5.82 Å². The fourth-order valence-corrected chi connectivity index (χ4v) is 4.21. The van der Waals surface area contributed by atoms with Gasteiger partial charge in [0.1, 0.15) is 19.0 Å². The first-order valence-corrected chi connectivity index (χ1v) is 9.79. The minimum Gasteiger partial charge on any atom is -0.486 e. The molecule has 2 aliphatic rings. The number of ether oxygens (including phenoxy) is 2. The molecule has 0 bridgehead atoms. The zero-order valence-corrected chi connectivity index (χ0v) is 15.7. The molecule has 7 nitrogen and oxygen atoms in total. The first-order valence-electron chi connectivity index (χ1n) is 9.79. The predicted molar refractivity (Wildman–Crippen MR) is 105 cm³/mol. The van der Waals surface area contributed by atoms with Crippen molar-refractivity contribution in [2.24, 2.45) is 0 Å².